The van der Waals surface area contributed by atoms with Gasteiger partial charge in [0.15, 0.2) is 6.10 Å². The highest BCUT2D eigenvalue weighted by atomic mass is 31.2. The number of carbonyl (C=O) groups is 2. The van der Waals surface area contributed by atoms with E-state index in [1.54, 1.807) is 0 Å². The first-order valence-corrected chi connectivity index (χ1v) is 28.6. The third kappa shape index (κ3) is 53.9. The second-order valence-electron chi connectivity index (χ2n) is 18.9. The number of allylic oxidation sites excluding steroid dienone is 18. The zero-order valence-corrected chi connectivity index (χ0v) is 45.4. The SMILES string of the molecule is CC/C=C\C/C=C\C/C=C\C/C=C\C/C=C\C/C=C\C/C=C\C/C=C\CCCCCCCCCCCCC(=O)OC(COC(=O)CCCCCCC/C=C\CCC)COP(=O)(O)OCC[N+](C)(C)C. The Morgan fingerprint density at radius 1 is 0.464 bits per heavy atom. The standard InChI is InChI=1S/C59H100NO8P/c1-6-8-10-12-14-16-18-19-20-21-22-23-24-25-26-27-28-29-30-31-32-33-34-35-36-37-38-39-40-41-42-44-46-48-50-52-59(62)68-57(56-67-69(63,64)66-54-53-60(3,4)5)55-65-58(61)51-49-47-45-43-17-15-13-11-9-7-2/h8,10-11,13-14,16,19-20,22-23,25-26,28-29,31-32,34-35,57H,6-7,9,12,15,17-18,21,24,27,30,33,36-56H2,1-5H3/p+1/b10-8-,13-11-,16-14-,20-19-,23-22-,26-25-,29-28-,32-31-,35-34-. The van der Waals surface area contributed by atoms with E-state index >= 15 is 0 Å². The lowest BCUT2D eigenvalue weighted by Crippen LogP contribution is -2.37. The molecule has 0 rings (SSSR count). The average Bonchev–Trinajstić information content (AvgIpc) is 3.31. The summed E-state index contributed by atoms with van der Waals surface area (Å²) in [5, 5.41) is 0. The molecule has 0 radical (unpaired) electrons. The highest BCUT2D eigenvalue weighted by Crippen LogP contribution is 2.43. The van der Waals surface area contributed by atoms with Gasteiger partial charge < -0.3 is 18.9 Å². The minimum Gasteiger partial charge on any atom is -0.462 e. The molecule has 0 fully saturated rings. The van der Waals surface area contributed by atoms with Gasteiger partial charge in [0.25, 0.3) is 0 Å². The van der Waals surface area contributed by atoms with E-state index < -0.39 is 26.5 Å². The van der Waals surface area contributed by atoms with Crippen LogP contribution < -0.4 is 0 Å². The molecule has 0 aliphatic rings. The highest BCUT2D eigenvalue weighted by Gasteiger charge is 2.27. The third-order valence-electron chi connectivity index (χ3n) is 11.0. The molecule has 0 bridgehead atoms. The first kappa shape index (κ1) is 65.7. The number of hydrogen-bond acceptors (Lipinski definition) is 7. The molecule has 394 valence electrons. The van der Waals surface area contributed by atoms with E-state index in [-0.39, 0.29) is 32.0 Å². The van der Waals surface area contributed by atoms with Gasteiger partial charge in [-0.1, -0.05) is 200 Å². The first-order chi connectivity index (χ1) is 33.5. The number of unbranched alkanes of at least 4 members (excludes halogenated alkanes) is 16. The lowest BCUT2D eigenvalue weighted by molar-refractivity contribution is -0.870. The Labute approximate surface area is 423 Å². The van der Waals surface area contributed by atoms with Crippen LogP contribution >= 0.6 is 7.82 Å². The summed E-state index contributed by atoms with van der Waals surface area (Å²) in [4.78, 5) is 35.4. The van der Waals surface area contributed by atoms with Crippen molar-refractivity contribution in [1.82, 2.24) is 0 Å². The number of likely N-dealkylation sites (N-methyl/N-ethyl adjacent to an activating group) is 1. The van der Waals surface area contributed by atoms with E-state index in [0.29, 0.717) is 17.4 Å². The summed E-state index contributed by atoms with van der Waals surface area (Å²) in [7, 11) is 1.45. The molecule has 0 heterocycles. The molecule has 0 aromatic carbocycles. The van der Waals surface area contributed by atoms with Crippen molar-refractivity contribution >= 4 is 19.8 Å². The maximum atomic E-state index is 12.8. The minimum atomic E-state index is -4.39. The summed E-state index contributed by atoms with van der Waals surface area (Å²) in [6.45, 7) is 4.21. The Bertz CT molecular complexity index is 1530. The van der Waals surface area contributed by atoms with Crippen LogP contribution in [0.15, 0.2) is 109 Å². The van der Waals surface area contributed by atoms with Gasteiger partial charge in [-0.2, -0.15) is 0 Å². The number of esters is 2. The van der Waals surface area contributed by atoms with Gasteiger partial charge in [-0.05, 0) is 96.3 Å². The second-order valence-corrected chi connectivity index (χ2v) is 20.3. The van der Waals surface area contributed by atoms with Crippen LogP contribution in [0.25, 0.3) is 0 Å². The van der Waals surface area contributed by atoms with Gasteiger partial charge in [0.1, 0.15) is 19.8 Å². The number of ether oxygens (including phenoxy) is 2. The van der Waals surface area contributed by atoms with Crippen LogP contribution in [0, 0.1) is 0 Å². The summed E-state index contributed by atoms with van der Waals surface area (Å²) >= 11 is 0. The fraction of sp³-hybridized carbons (Fsp3) is 0.661. The summed E-state index contributed by atoms with van der Waals surface area (Å²) in [5.74, 6) is -0.823. The topological polar surface area (TPSA) is 108 Å². The molecule has 0 spiro atoms. The molecule has 0 saturated carbocycles. The number of quaternary nitrogens is 1. The zero-order valence-electron chi connectivity index (χ0n) is 44.5. The monoisotopic (exact) mass is 983 g/mol. The molecule has 0 aliphatic carbocycles. The van der Waals surface area contributed by atoms with Crippen molar-refractivity contribution in [3.63, 3.8) is 0 Å². The third-order valence-corrected chi connectivity index (χ3v) is 12.0. The Hall–Kier alpha value is -3.33. The van der Waals surface area contributed by atoms with Crippen molar-refractivity contribution in [2.24, 2.45) is 0 Å². The molecule has 0 aromatic heterocycles. The van der Waals surface area contributed by atoms with E-state index in [0.717, 1.165) is 122 Å². The first-order valence-electron chi connectivity index (χ1n) is 27.1. The largest absolute Gasteiger partial charge is 0.472 e. The van der Waals surface area contributed by atoms with Gasteiger partial charge >= 0.3 is 19.8 Å². The van der Waals surface area contributed by atoms with Crippen molar-refractivity contribution in [2.45, 2.75) is 206 Å². The Balaban J connectivity index is 4.09. The number of hydrogen-bond donors (Lipinski definition) is 1. The molecule has 1 N–H and O–H groups in total. The molecule has 0 aromatic rings. The molecule has 0 saturated heterocycles. The molecule has 2 atom stereocenters. The van der Waals surface area contributed by atoms with Crippen LogP contribution in [-0.4, -0.2) is 74.9 Å². The van der Waals surface area contributed by atoms with Crippen LogP contribution in [0.5, 0.6) is 0 Å². The van der Waals surface area contributed by atoms with Gasteiger partial charge in [-0.15, -0.1) is 0 Å². The van der Waals surface area contributed by atoms with Crippen molar-refractivity contribution < 1.29 is 42.1 Å². The lowest BCUT2D eigenvalue weighted by atomic mass is 10.0. The summed E-state index contributed by atoms with van der Waals surface area (Å²) in [6, 6.07) is 0. The Kier molecular flexibility index (Phi) is 47.2. The number of phosphoric ester groups is 1. The molecule has 2 unspecified atom stereocenters. The Morgan fingerprint density at radius 3 is 1.25 bits per heavy atom. The minimum absolute atomic E-state index is 0.0247. The number of rotatable bonds is 48. The van der Waals surface area contributed by atoms with Crippen molar-refractivity contribution in [1.29, 1.82) is 0 Å². The number of nitrogens with zero attached hydrogens (tertiary/aromatic N) is 1. The zero-order chi connectivity index (χ0) is 50.6. The second kappa shape index (κ2) is 49.6. The van der Waals surface area contributed by atoms with Gasteiger partial charge in [0, 0.05) is 12.8 Å². The van der Waals surface area contributed by atoms with E-state index in [1.807, 2.05) is 21.1 Å². The summed E-state index contributed by atoms with van der Waals surface area (Å²) < 4.78 is 34.4. The van der Waals surface area contributed by atoms with Gasteiger partial charge in [-0.3, -0.25) is 18.6 Å². The maximum absolute atomic E-state index is 12.8. The quantitative estimate of drug-likeness (QED) is 0.0211. The van der Waals surface area contributed by atoms with Crippen LogP contribution in [0.1, 0.15) is 200 Å². The van der Waals surface area contributed by atoms with Gasteiger partial charge in [0.05, 0.1) is 27.7 Å². The van der Waals surface area contributed by atoms with Gasteiger partial charge in [-0.25, -0.2) is 4.57 Å². The van der Waals surface area contributed by atoms with Crippen LogP contribution in [0.2, 0.25) is 0 Å². The fourth-order valence-electron chi connectivity index (χ4n) is 6.86. The normalized spacial score (nSPS) is 14.2. The fourth-order valence-corrected chi connectivity index (χ4v) is 7.60. The molecule has 10 heteroatoms. The highest BCUT2D eigenvalue weighted by molar-refractivity contribution is 7.47. The Morgan fingerprint density at radius 2 is 0.826 bits per heavy atom. The van der Waals surface area contributed by atoms with E-state index in [9.17, 15) is 19.0 Å². The molecule has 0 aliphatic heterocycles. The average molecular weight is 983 g/mol. The predicted octanol–water partition coefficient (Wildman–Crippen LogP) is 16.6. The predicted molar refractivity (Wildman–Crippen MR) is 293 cm³/mol. The van der Waals surface area contributed by atoms with E-state index in [4.69, 9.17) is 18.5 Å². The molecule has 69 heavy (non-hydrogen) atoms. The molecule has 9 nitrogen and oxygen atoms in total. The van der Waals surface area contributed by atoms with Crippen molar-refractivity contribution in [2.75, 3.05) is 47.5 Å². The molecule has 0 amide bonds. The van der Waals surface area contributed by atoms with Crippen molar-refractivity contribution in [3.8, 4) is 0 Å². The molecular weight excluding hydrogens is 882 g/mol. The summed E-state index contributed by atoms with van der Waals surface area (Å²) in [6.07, 6.45) is 68.8. The van der Waals surface area contributed by atoms with E-state index in [1.165, 1.54) is 44.9 Å². The van der Waals surface area contributed by atoms with Crippen LogP contribution in [0.4, 0.5) is 0 Å². The van der Waals surface area contributed by atoms with Crippen molar-refractivity contribution in [3.05, 3.63) is 109 Å². The molecular formula is C59H101NO8P+. The number of carbonyl (C=O) groups excluding carboxylic acids is 2. The van der Waals surface area contributed by atoms with Crippen LogP contribution in [-0.2, 0) is 32.7 Å². The lowest BCUT2D eigenvalue weighted by Gasteiger charge is -2.24. The smallest absolute Gasteiger partial charge is 0.462 e. The van der Waals surface area contributed by atoms with Gasteiger partial charge in [0.2, 0.25) is 0 Å². The summed E-state index contributed by atoms with van der Waals surface area (Å²) in [5.41, 5.74) is 0. The van der Waals surface area contributed by atoms with E-state index in [2.05, 4.69) is 123 Å². The number of phosphoric acid groups is 1. The maximum Gasteiger partial charge on any atom is 0.472 e. The van der Waals surface area contributed by atoms with Crippen LogP contribution in [0.3, 0.4) is 0 Å².